The molecule has 1 aromatic carbocycles. The Hall–Kier alpha value is -2.11. The SMILES string of the molecule is NC(=NCc1ccccc1[N+](=O)[O-])NC1CCCCCC1. The van der Waals surface area contributed by atoms with Crippen LogP contribution >= 0.6 is 0 Å². The molecule has 1 aliphatic rings. The summed E-state index contributed by atoms with van der Waals surface area (Å²) in [5, 5.41) is 14.2. The first kappa shape index (κ1) is 15.3. The summed E-state index contributed by atoms with van der Waals surface area (Å²) >= 11 is 0. The third-order valence-electron chi connectivity index (χ3n) is 3.82. The lowest BCUT2D eigenvalue weighted by Gasteiger charge is -2.16. The molecule has 1 fully saturated rings. The van der Waals surface area contributed by atoms with E-state index < -0.39 is 0 Å². The number of nitrogens with zero attached hydrogens (tertiary/aromatic N) is 2. The van der Waals surface area contributed by atoms with Crippen molar-refractivity contribution in [2.75, 3.05) is 0 Å². The monoisotopic (exact) mass is 290 g/mol. The van der Waals surface area contributed by atoms with Crippen molar-refractivity contribution in [3.8, 4) is 0 Å². The maximum Gasteiger partial charge on any atom is 0.274 e. The van der Waals surface area contributed by atoms with Crippen molar-refractivity contribution in [1.29, 1.82) is 0 Å². The summed E-state index contributed by atoms with van der Waals surface area (Å²) in [6, 6.07) is 6.99. The van der Waals surface area contributed by atoms with Gasteiger partial charge in [0.25, 0.3) is 5.69 Å². The number of nitro groups is 1. The zero-order valence-electron chi connectivity index (χ0n) is 12.1. The van der Waals surface area contributed by atoms with Gasteiger partial charge in [-0.05, 0) is 12.8 Å². The van der Waals surface area contributed by atoms with Crippen LogP contribution < -0.4 is 11.1 Å². The fourth-order valence-electron chi connectivity index (χ4n) is 2.67. The third kappa shape index (κ3) is 4.73. The third-order valence-corrected chi connectivity index (χ3v) is 3.82. The Morgan fingerprint density at radius 2 is 1.95 bits per heavy atom. The molecule has 0 spiro atoms. The van der Waals surface area contributed by atoms with Crippen molar-refractivity contribution in [2.45, 2.75) is 51.1 Å². The minimum atomic E-state index is -0.389. The van der Waals surface area contributed by atoms with E-state index in [1.165, 1.54) is 31.7 Å². The van der Waals surface area contributed by atoms with E-state index in [4.69, 9.17) is 5.73 Å². The van der Waals surface area contributed by atoms with Gasteiger partial charge in [-0.1, -0.05) is 43.9 Å². The molecule has 1 aliphatic carbocycles. The minimum Gasteiger partial charge on any atom is -0.370 e. The molecule has 6 heteroatoms. The van der Waals surface area contributed by atoms with Crippen molar-refractivity contribution in [3.63, 3.8) is 0 Å². The molecule has 0 aromatic heterocycles. The van der Waals surface area contributed by atoms with Crippen molar-refractivity contribution in [3.05, 3.63) is 39.9 Å². The Balaban J connectivity index is 1.95. The Morgan fingerprint density at radius 3 is 2.62 bits per heavy atom. The van der Waals surface area contributed by atoms with Gasteiger partial charge in [0, 0.05) is 12.1 Å². The van der Waals surface area contributed by atoms with E-state index in [1.807, 2.05) is 0 Å². The summed E-state index contributed by atoms with van der Waals surface area (Å²) < 4.78 is 0. The zero-order chi connectivity index (χ0) is 15.1. The largest absolute Gasteiger partial charge is 0.370 e. The normalized spacial score (nSPS) is 17.2. The van der Waals surface area contributed by atoms with Gasteiger partial charge >= 0.3 is 0 Å². The van der Waals surface area contributed by atoms with E-state index >= 15 is 0 Å². The molecule has 0 unspecified atom stereocenters. The molecule has 0 saturated heterocycles. The Labute approximate surface area is 124 Å². The number of para-hydroxylation sites is 1. The van der Waals surface area contributed by atoms with Gasteiger partial charge in [0.1, 0.15) is 0 Å². The van der Waals surface area contributed by atoms with Crippen LogP contribution in [0.15, 0.2) is 29.3 Å². The highest BCUT2D eigenvalue weighted by molar-refractivity contribution is 5.78. The number of hydrogen-bond donors (Lipinski definition) is 2. The zero-order valence-corrected chi connectivity index (χ0v) is 12.1. The molecule has 0 aliphatic heterocycles. The lowest BCUT2D eigenvalue weighted by molar-refractivity contribution is -0.385. The Kier molecular flexibility index (Phi) is 5.54. The number of rotatable bonds is 4. The van der Waals surface area contributed by atoms with Crippen molar-refractivity contribution >= 4 is 11.6 Å². The predicted octanol–water partition coefficient (Wildman–Crippen LogP) is 2.72. The number of hydrogen-bond acceptors (Lipinski definition) is 3. The van der Waals surface area contributed by atoms with E-state index in [-0.39, 0.29) is 17.2 Å². The second-order valence-electron chi connectivity index (χ2n) is 5.42. The fraction of sp³-hybridized carbons (Fsp3) is 0.533. The van der Waals surface area contributed by atoms with E-state index in [2.05, 4.69) is 10.3 Å². The van der Waals surface area contributed by atoms with Crippen LogP contribution in [-0.2, 0) is 6.54 Å². The first-order valence-electron chi connectivity index (χ1n) is 7.45. The average Bonchev–Trinajstić information content (AvgIpc) is 2.74. The van der Waals surface area contributed by atoms with Gasteiger partial charge in [-0.2, -0.15) is 0 Å². The van der Waals surface area contributed by atoms with Gasteiger partial charge in [-0.15, -0.1) is 0 Å². The molecule has 0 bridgehead atoms. The van der Waals surface area contributed by atoms with Crippen molar-refractivity contribution in [2.24, 2.45) is 10.7 Å². The molecule has 1 saturated carbocycles. The Morgan fingerprint density at radius 1 is 1.29 bits per heavy atom. The number of benzene rings is 1. The van der Waals surface area contributed by atoms with Crippen molar-refractivity contribution < 1.29 is 4.92 Å². The van der Waals surface area contributed by atoms with Crippen LogP contribution in [-0.4, -0.2) is 16.9 Å². The first-order chi connectivity index (χ1) is 10.2. The molecule has 2 rings (SSSR count). The maximum atomic E-state index is 10.9. The van der Waals surface area contributed by atoms with Crippen LogP contribution in [0.2, 0.25) is 0 Å². The highest BCUT2D eigenvalue weighted by Crippen LogP contribution is 2.19. The smallest absolute Gasteiger partial charge is 0.274 e. The molecule has 0 atom stereocenters. The van der Waals surface area contributed by atoms with Crippen LogP contribution in [0.25, 0.3) is 0 Å². The van der Waals surface area contributed by atoms with Crippen LogP contribution in [0.5, 0.6) is 0 Å². The van der Waals surface area contributed by atoms with Gasteiger partial charge in [-0.25, -0.2) is 4.99 Å². The summed E-state index contributed by atoms with van der Waals surface area (Å²) in [4.78, 5) is 14.8. The molecule has 1 aromatic rings. The maximum absolute atomic E-state index is 10.9. The summed E-state index contributed by atoms with van der Waals surface area (Å²) in [6.07, 6.45) is 7.23. The lowest BCUT2D eigenvalue weighted by atomic mass is 10.1. The number of guanidine groups is 1. The van der Waals surface area contributed by atoms with Crippen molar-refractivity contribution in [1.82, 2.24) is 5.32 Å². The molecule has 0 heterocycles. The summed E-state index contributed by atoms with van der Waals surface area (Å²) in [5.74, 6) is 0.375. The van der Waals surface area contributed by atoms with E-state index in [1.54, 1.807) is 18.2 Å². The summed E-state index contributed by atoms with van der Waals surface area (Å²) in [7, 11) is 0. The number of nitrogens with two attached hydrogens (primary N) is 1. The summed E-state index contributed by atoms with van der Waals surface area (Å²) in [6.45, 7) is 0.225. The quantitative estimate of drug-likeness (QED) is 0.293. The number of aliphatic imine (C=N–C) groups is 1. The van der Waals surface area contributed by atoms with E-state index in [9.17, 15) is 10.1 Å². The molecule has 21 heavy (non-hydrogen) atoms. The topological polar surface area (TPSA) is 93.5 Å². The highest BCUT2D eigenvalue weighted by Gasteiger charge is 2.14. The van der Waals surface area contributed by atoms with Crippen LogP contribution in [0.4, 0.5) is 5.69 Å². The van der Waals surface area contributed by atoms with Crippen LogP contribution in [0.3, 0.4) is 0 Å². The standard InChI is InChI=1S/C15H22N4O2/c16-15(18-13-8-3-1-2-4-9-13)17-11-12-7-5-6-10-14(12)19(20)21/h5-7,10,13H,1-4,8-9,11H2,(H3,16,17,18). The lowest BCUT2D eigenvalue weighted by Crippen LogP contribution is -2.39. The molecule has 0 radical (unpaired) electrons. The minimum absolute atomic E-state index is 0.0866. The molecule has 0 amide bonds. The molecule has 114 valence electrons. The second-order valence-corrected chi connectivity index (χ2v) is 5.42. The predicted molar refractivity (Wildman–Crippen MR) is 83.0 cm³/mol. The number of nitrogens with one attached hydrogen (secondary N) is 1. The summed E-state index contributed by atoms with van der Waals surface area (Å²) in [5.41, 5.74) is 6.56. The van der Waals surface area contributed by atoms with Crippen LogP contribution in [0, 0.1) is 10.1 Å². The van der Waals surface area contributed by atoms with E-state index in [0.717, 1.165) is 12.8 Å². The van der Waals surface area contributed by atoms with Crippen LogP contribution in [0.1, 0.15) is 44.1 Å². The molecule has 6 nitrogen and oxygen atoms in total. The van der Waals surface area contributed by atoms with E-state index in [0.29, 0.717) is 17.6 Å². The van der Waals surface area contributed by atoms with Gasteiger partial charge in [0.05, 0.1) is 17.0 Å². The van der Waals surface area contributed by atoms with Gasteiger partial charge in [0.2, 0.25) is 0 Å². The molecule has 3 N–H and O–H groups in total. The molecular formula is C15H22N4O2. The number of nitro benzene ring substituents is 1. The molecular weight excluding hydrogens is 268 g/mol. The second kappa shape index (κ2) is 7.61. The Bertz CT molecular complexity index is 508. The van der Waals surface area contributed by atoms with Gasteiger partial charge in [-0.3, -0.25) is 10.1 Å². The fourth-order valence-corrected chi connectivity index (χ4v) is 2.67. The van der Waals surface area contributed by atoms with Gasteiger partial charge in [0.15, 0.2) is 5.96 Å². The van der Waals surface area contributed by atoms with Gasteiger partial charge < -0.3 is 11.1 Å². The average molecular weight is 290 g/mol. The first-order valence-corrected chi connectivity index (χ1v) is 7.45. The highest BCUT2D eigenvalue weighted by atomic mass is 16.6.